The molecule has 3 N–H and O–H groups in total. The quantitative estimate of drug-likeness (QED) is 0.672. The van der Waals surface area contributed by atoms with E-state index in [0.29, 0.717) is 6.04 Å². The summed E-state index contributed by atoms with van der Waals surface area (Å²) in [4.78, 5) is 6.70. The van der Waals surface area contributed by atoms with Gasteiger partial charge in [0, 0.05) is 30.4 Å². The summed E-state index contributed by atoms with van der Waals surface area (Å²) in [6, 6.07) is 8.55. The van der Waals surface area contributed by atoms with Gasteiger partial charge in [-0.1, -0.05) is 18.2 Å². The predicted molar refractivity (Wildman–Crippen MR) is 86.9 cm³/mol. The van der Waals surface area contributed by atoms with Crippen molar-refractivity contribution in [1.82, 2.24) is 4.98 Å². The number of fused-ring (bicyclic) bond motifs is 1. The fourth-order valence-electron chi connectivity index (χ4n) is 2.71. The highest BCUT2D eigenvalue weighted by molar-refractivity contribution is 7.99. The molecule has 1 aliphatic heterocycles. The molecule has 2 aromatic rings. The number of para-hydroxylation sites is 1. The molecule has 104 valence electrons. The smallest absolute Gasteiger partial charge is 0.126 e. The average molecular weight is 286 g/mol. The molecular formula is C15H18N4S. The van der Waals surface area contributed by atoms with Crippen molar-refractivity contribution in [3.8, 4) is 0 Å². The third-order valence-corrected chi connectivity index (χ3v) is 4.99. The van der Waals surface area contributed by atoms with Gasteiger partial charge in [0.15, 0.2) is 0 Å². The minimum Gasteiger partial charge on any atom is -0.384 e. The Morgan fingerprint density at radius 1 is 1.45 bits per heavy atom. The van der Waals surface area contributed by atoms with Crippen molar-refractivity contribution in [2.24, 2.45) is 5.73 Å². The molecule has 0 bridgehead atoms. The maximum absolute atomic E-state index is 7.82. The zero-order valence-corrected chi connectivity index (χ0v) is 12.3. The van der Waals surface area contributed by atoms with Crippen LogP contribution in [0.3, 0.4) is 0 Å². The highest BCUT2D eigenvalue weighted by Crippen LogP contribution is 2.33. The van der Waals surface area contributed by atoms with Crippen molar-refractivity contribution in [3.05, 3.63) is 36.0 Å². The molecule has 1 aromatic carbocycles. The van der Waals surface area contributed by atoms with Gasteiger partial charge in [0.1, 0.15) is 5.84 Å². The molecule has 0 amide bonds. The van der Waals surface area contributed by atoms with Crippen LogP contribution >= 0.6 is 11.8 Å². The summed E-state index contributed by atoms with van der Waals surface area (Å²) < 4.78 is 0. The molecule has 1 saturated heterocycles. The Morgan fingerprint density at radius 3 is 2.95 bits per heavy atom. The van der Waals surface area contributed by atoms with Gasteiger partial charge in [-0.25, -0.2) is 0 Å². The Morgan fingerprint density at radius 2 is 2.25 bits per heavy atom. The molecule has 20 heavy (non-hydrogen) atoms. The van der Waals surface area contributed by atoms with Gasteiger partial charge in [0.05, 0.1) is 16.8 Å². The first-order chi connectivity index (χ1) is 9.68. The Hall–Kier alpha value is -1.75. The molecule has 0 saturated carbocycles. The van der Waals surface area contributed by atoms with Gasteiger partial charge in [-0.3, -0.25) is 10.4 Å². The average Bonchev–Trinajstić information content (AvgIpc) is 2.99. The highest BCUT2D eigenvalue weighted by Gasteiger charge is 2.24. The number of nitrogens with one attached hydrogen (secondary N) is 1. The molecule has 5 heteroatoms. The molecule has 0 aliphatic carbocycles. The fourth-order valence-corrected chi connectivity index (χ4v) is 3.98. The molecule has 1 atom stereocenters. The molecule has 3 rings (SSSR count). The van der Waals surface area contributed by atoms with Crippen LogP contribution in [0, 0.1) is 5.41 Å². The van der Waals surface area contributed by atoms with Crippen molar-refractivity contribution in [2.75, 3.05) is 23.5 Å². The fraction of sp³-hybridized carbons (Fsp3) is 0.333. The van der Waals surface area contributed by atoms with Gasteiger partial charge in [-0.2, -0.15) is 11.8 Å². The van der Waals surface area contributed by atoms with Crippen molar-refractivity contribution >= 4 is 34.2 Å². The third kappa shape index (κ3) is 2.22. The lowest BCUT2D eigenvalue weighted by molar-refractivity contribution is 0.701. The molecule has 4 nitrogen and oxygen atoms in total. The molecular weight excluding hydrogens is 268 g/mol. The molecule has 1 aliphatic rings. The van der Waals surface area contributed by atoms with E-state index in [1.54, 1.807) is 6.20 Å². The third-order valence-electron chi connectivity index (χ3n) is 3.84. The summed E-state index contributed by atoms with van der Waals surface area (Å²) in [5.41, 5.74) is 8.47. The number of hydrogen-bond donors (Lipinski definition) is 2. The number of anilines is 1. The maximum atomic E-state index is 7.82. The Kier molecular flexibility index (Phi) is 3.53. The van der Waals surface area contributed by atoms with Crippen molar-refractivity contribution in [2.45, 2.75) is 12.5 Å². The number of pyridine rings is 1. The minimum atomic E-state index is 0.0794. The van der Waals surface area contributed by atoms with E-state index in [-0.39, 0.29) is 5.84 Å². The van der Waals surface area contributed by atoms with Gasteiger partial charge in [-0.05, 0) is 18.2 Å². The molecule has 1 aromatic heterocycles. The number of nitrogens with zero attached hydrogens (tertiary/aromatic N) is 2. The zero-order valence-electron chi connectivity index (χ0n) is 11.5. The van der Waals surface area contributed by atoms with Crippen molar-refractivity contribution in [1.29, 1.82) is 5.41 Å². The topological polar surface area (TPSA) is 66.0 Å². The Balaban J connectivity index is 2.18. The van der Waals surface area contributed by atoms with Crippen LogP contribution in [-0.4, -0.2) is 35.4 Å². The molecule has 1 unspecified atom stereocenters. The van der Waals surface area contributed by atoms with E-state index in [0.717, 1.165) is 27.9 Å². The van der Waals surface area contributed by atoms with Gasteiger partial charge in [-0.15, -0.1) is 0 Å². The van der Waals surface area contributed by atoms with Crippen LogP contribution in [-0.2, 0) is 0 Å². The largest absolute Gasteiger partial charge is 0.384 e. The summed E-state index contributed by atoms with van der Waals surface area (Å²) in [5.74, 6) is 2.41. The molecule has 2 heterocycles. The maximum Gasteiger partial charge on any atom is 0.126 e. The van der Waals surface area contributed by atoms with E-state index < -0.39 is 0 Å². The summed E-state index contributed by atoms with van der Waals surface area (Å²) >= 11 is 1.98. The number of nitrogens with two attached hydrogens (primary N) is 1. The number of thioether (sulfide) groups is 1. The first-order valence-electron chi connectivity index (χ1n) is 6.71. The number of benzene rings is 1. The number of rotatable bonds is 3. The van der Waals surface area contributed by atoms with Crippen LogP contribution < -0.4 is 10.6 Å². The van der Waals surface area contributed by atoms with Crippen LogP contribution in [0.2, 0.25) is 0 Å². The SMILES string of the molecule is CN(c1c(C(=N)N)cnc2ccccc12)C1CCSC1. The second-order valence-corrected chi connectivity index (χ2v) is 6.23. The standard InChI is InChI=1S/C15H18N4S/c1-19(10-6-7-20-9-10)14-11-4-2-3-5-13(11)18-8-12(14)15(16)17/h2-5,8,10H,6-7,9H2,1H3,(H3,16,17). The monoisotopic (exact) mass is 286 g/mol. The summed E-state index contributed by atoms with van der Waals surface area (Å²) in [6.45, 7) is 0. The van der Waals surface area contributed by atoms with E-state index in [9.17, 15) is 0 Å². The lowest BCUT2D eigenvalue weighted by atomic mass is 10.1. The van der Waals surface area contributed by atoms with Gasteiger partial charge < -0.3 is 10.6 Å². The highest BCUT2D eigenvalue weighted by atomic mass is 32.2. The molecule has 0 radical (unpaired) electrons. The number of nitrogen functional groups attached to an aromatic ring is 1. The van der Waals surface area contributed by atoms with Crippen molar-refractivity contribution in [3.63, 3.8) is 0 Å². The number of amidine groups is 1. The summed E-state index contributed by atoms with van der Waals surface area (Å²) in [7, 11) is 2.10. The lowest BCUT2D eigenvalue weighted by Crippen LogP contribution is -2.33. The van der Waals surface area contributed by atoms with E-state index in [4.69, 9.17) is 11.1 Å². The summed E-state index contributed by atoms with van der Waals surface area (Å²) in [6.07, 6.45) is 2.90. The second kappa shape index (κ2) is 5.32. The van der Waals surface area contributed by atoms with Crippen LogP contribution in [0.25, 0.3) is 10.9 Å². The minimum absolute atomic E-state index is 0.0794. The van der Waals surface area contributed by atoms with E-state index in [1.807, 2.05) is 30.0 Å². The Labute approximate surface area is 122 Å². The second-order valence-electron chi connectivity index (χ2n) is 5.08. The normalized spacial score (nSPS) is 18.4. The predicted octanol–water partition coefficient (Wildman–Crippen LogP) is 2.46. The van der Waals surface area contributed by atoms with Crippen LogP contribution in [0.4, 0.5) is 5.69 Å². The molecule has 1 fully saturated rings. The van der Waals surface area contributed by atoms with E-state index in [2.05, 4.69) is 23.0 Å². The van der Waals surface area contributed by atoms with Gasteiger partial charge >= 0.3 is 0 Å². The van der Waals surface area contributed by atoms with Crippen LogP contribution in [0.1, 0.15) is 12.0 Å². The zero-order chi connectivity index (χ0) is 14.1. The number of hydrogen-bond acceptors (Lipinski definition) is 4. The Bertz CT molecular complexity index is 649. The summed E-state index contributed by atoms with van der Waals surface area (Å²) in [5, 5.41) is 8.89. The van der Waals surface area contributed by atoms with Gasteiger partial charge in [0.2, 0.25) is 0 Å². The van der Waals surface area contributed by atoms with Crippen molar-refractivity contribution < 1.29 is 0 Å². The van der Waals surface area contributed by atoms with E-state index >= 15 is 0 Å². The lowest BCUT2D eigenvalue weighted by Gasteiger charge is -2.29. The van der Waals surface area contributed by atoms with E-state index in [1.165, 1.54) is 12.2 Å². The van der Waals surface area contributed by atoms with Crippen LogP contribution in [0.5, 0.6) is 0 Å². The van der Waals surface area contributed by atoms with Crippen LogP contribution in [0.15, 0.2) is 30.5 Å². The van der Waals surface area contributed by atoms with Gasteiger partial charge in [0.25, 0.3) is 0 Å². The molecule has 0 spiro atoms. The first kappa shape index (κ1) is 13.2. The number of aromatic nitrogens is 1. The first-order valence-corrected chi connectivity index (χ1v) is 7.86.